The molecule has 1 aromatic heterocycles. The number of nitrogen functional groups attached to an aromatic ring is 1. The van der Waals surface area contributed by atoms with Crippen LogP contribution in [0.1, 0.15) is 40.3 Å². The third-order valence-electron chi connectivity index (χ3n) is 3.30. The highest BCUT2D eigenvalue weighted by molar-refractivity contribution is 7.19. The fourth-order valence-electron chi connectivity index (χ4n) is 1.95. The molecule has 0 radical (unpaired) electrons. The second-order valence-electron chi connectivity index (χ2n) is 4.86. The summed E-state index contributed by atoms with van der Waals surface area (Å²) < 4.78 is 4.76. The van der Waals surface area contributed by atoms with Crippen LogP contribution in [0.4, 0.5) is 10.7 Å². The van der Waals surface area contributed by atoms with Crippen molar-refractivity contribution in [2.75, 3.05) is 24.7 Å². The van der Waals surface area contributed by atoms with Gasteiger partial charge in [-0.25, -0.2) is 4.79 Å². The summed E-state index contributed by atoms with van der Waals surface area (Å²) in [5, 5.41) is 6.57. The second-order valence-corrected chi connectivity index (χ2v) is 5.88. The quantitative estimate of drug-likeness (QED) is 0.719. The Labute approximate surface area is 121 Å². The molecule has 1 fully saturated rings. The fourth-order valence-corrected chi connectivity index (χ4v) is 3.04. The highest BCUT2D eigenvalue weighted by atomic mass is 32.1. The van der Waals surface area contributed by atoms with E-state index >= 15 is 0 Å². The van der Waals surface area contributed by atoms with Gasteiger partial charge in [-0.15, -0.1) is 11.3 Å². The molecule has 2 rings (SSSR count). The van der Waals surface area contributed by atoms with Crippen LogP contribution < -0.4 is 16.4 Å². The molecule has 1 aromatic rings. The van der Waals surface area contributed by atoms with Crippen molar-refractivity contribution in [1.29, 1.82) is 0 Å². The molecule has 0 bridgehead atoms. The standard InChI is InChI=1S/C13H19N3O3S/c1-4-15-11(17)10-9(14)8(13(18)19-3)12(20-10)16-7-5-6(7)2/h6-7,16H,4-5,14H2,1-3H3,(H,15,17). The van der Waals surface area contributed by atoms with E-state index in [9.17, 15) is 9.59 Å². The van der Waals surface area contributed by atoms with E-state index in [0.717, 1.165) is 6.42 Å². The molecule has 110 valence electrons. The van der Waals surface area contributed by atoms with Crippen LogP contribution in [0, 0.1) is 5.92 Å². The van der Waals surface area contributed by atoms with E-state index in [2.05, 4.69) is 17.6 Å². The molecule has 2 unspecified atom stereocenters. The van der Waals surface area contributed by atoms with E-state index in [-0.39, 0.29) is 17.2 Å². The number of ether oxygens (including phenoxy) is 1. The lowest BCUT2D eigenvalue weighted by Gasteiger charge is -2.05. The first-order valence-corrected chi connectivity index (χ1v) is 7.36. The summed E-state index contributed by atoms with van der Waals surface area (Å²) in [7, 11) is 1.30. The van der Waals surface area contributed by atoms with Crippen molar-refractivity contribution in [3.8, 4) is 0 Å². The van der Waals surface area contributed by atoms with Crippen molar-refractivity contribution in [1.82, 2.24) is 5.32 Å². The van der Waals surface area contributed by atoms with E-state index in [1.54, 1.807) is 0 Å². The van der Waals surface area contributed by atoms with Gasteiger partial charge in [0.1, 0.15) is 15.4 Å². The van der Waals surface area contributed by atoms with Gasteiger partial charge in [-0.1, -0.05) is 6.92 Å². The minimum Gasteiger partial charge on any atom is -0.465 e. The van der Waals surface area contributed by atoms with Gasteiger partial charge in [-0.05, 0) is 19.3 Å². The normalized spacial score (nSPS) is 20.4. The third-order valence-corrected chi connectivity index (χ3v) is 4.44. The molecule has 20 heavy (non-hydrogen) atoms. The minimum absolute atomic E-state index is 0.184. The summed E-state index contributed by atoms with van der Waals surface area (Å²) in [6, 6.07) is 0.332. The molecule has 0 aromatic carbocycles. The van der Waals surface area contributed by atoms with Crippen LogP contribution in [-0.2, 0) is 4.74 Å². The first kappa shape index (κ1) is 14.6. The molecule has 0 saturated heterocycles. The van der Waals surface area contributed by atoms with Gasteiger partial charge in [-0.2, -0.15) is 0 Å². The van der Waals surface area contributed by atoms with Gasteiger partial charge < -0.3 is 21.1 Å². The highest BCUT2D eigenvalue weighted by Crippen LogP contribution is 2.41. The number of nitrogens with two attached hydrogens (primary N) is 1. The Morgan fingerprint density at radius 3 is 2.65 bits per heavy atom. The summed E-state index contributed by atoms with van der Waals surface area (Å²) >= 11 is 1.20. The average Bonchev–Trinajstić information content (AvgIpc) is 2.99. The average molecular weight is 297 g/mol. The number of rotatable bonds is 5. The van der Waals surface area contributed by atoms with E-state index in [1.807, 2.05) is 6.92 Å². The molecule has 0 spiro atoms. The SMILES string of the molecule is CCNC(=O)c1sc(NC2CC2C)c(C(=O)OC)c1N. The number of carbonyl (C=O) groups is 2. The van der Waals surface area contributed by atoms with Crippen molar-refractivity contribution < 1.29 is 14.3 Å². The lowest BCUT2D eigenvalue weighted by atomic mass is 10.2. The smallest absolute Gasteiger partial charge is 0.343 e. The van der Waals surface area contributed by atoms with Crippen molar-refractivity contribution in [3.05, 3.63) is 10.4 Å². The number of carbonyl (C=O) groups excluding carboxylic acids is 2. The number of thiophene rings is 1. The first-order chi connectivity index (χ1) is 9.49. The van der Waals surface area contributed by atoms with E-state index in [0.29, 0.717) is 28.4 Å². The van der Waals surface area contributed by atoms with Crippen molar-refractivity contribution in [2.24, 2.45) is 5.92 Å². The Hall–Kier alpha value is -1.76. The van der Waals surface area contributed by atoms with Crippen LogP contribution >= 0.6 is 11.3 Å². The molecule has 1 saturated carbocycles. The molecule has 1 aliphatic rings. The number of amides is 1. The van der Waals surface area contributed by atoms with Crippen molar-refractivity contribution >= 4 is 33.9 Å². The zero-order valence-electron chi connectivity index (χ0n) is 11.8. The Morgan fingerprint density at radius 1 is 1.50 bits per heavy atom. The van der Waals surface area contributed by atoms with E-state index in [4.69, 9.17) is 10.5 Å². The van der Waals surface area contributed by atoms with Gasteiger partial charge in [0.2, 0.25) is 0 Å². The maximum Gasteiger partial charge on any atom is 0.343 e. The van der Waals surface area contributed by atoms with Gasteiger partial charge in [0.25, 0.3) is 5.91 Å². The maximum atomic E-state index is 11.9. The maximum absolute atomic E-state index is 11.9. The molecule has 1 aliphatic carbocycles. The molecule has 1 heterocycles. The van der Waals surface area contributed by atoms with Crippen LogP contribution in [0.25, 0.3) is 0 Å². The largest absolute Gasteiger partial charge is 0.465 e. The minimum atomic E-state index is -0.523. The fraction of sp³-hybridized carbons (Fsp3) is 0.538. The molecule has 7 heteroatoms. The molecule has 4 N–H and O–H groups in total. The summed E-state index contributed by atoms with van der Waals surface area (Å²) in [6.07, 6.45) is 1.05. The molecule has 2 atom stereocenters. The van der Waals surface area contributed by atoms with Gasteiger partial charge in [-0.3, -0.25) is 4.79 Å². The summed E-state index contributed by atoms with van der Waals surface area (Å²) in [5.74, 6) is -0.223. The Balaban J connectivity index is 2.35. The van der Waals surface area contributed by atoms with Crippen LogP contribution in [0.3, 0.4) is 0 Å². The Bertz CT molecular complexity index is 541. The summed E-state index contributed by atoms with van der Waals surface area (Å²) in [6.45, 7) is 4.46. The molecular weight excluding hydrogens is 278 g/mol. The van der Waals surface area contributed by atoms with Crippen molar-refractivity contribution in [3.63, 3.8) is 0 Å². The second kappa shape index (κ2) is 5.70. The van der Waals surface area contributed by atoms with Crippen LogP contribution in [0.5, 0.6) is 0 Å². The number of methoxy groups -OCH3 is 1. The molecule has 6 nitrogen and oxygen atoms in total. The Morgan fingerprint density at radius 2 is 2.15 bits per heavy atom. The lowest BCUT2D eigenvalue weighted by Crippen LogP contribution is -2.22. The number of anilines is 2. The third kappa shape index (κ3) is 2.72. The van der Waals surface area contributed by atoms with Crippen LogP contribution in [0.2, 0.25) is 0 Å². The first-order valence-electron chi connectivity index (χ1n) is 6.54. The van der Waals surface area contributed by atoms with E-state index < -0.39 is 5.97 Å². The summed E-state index contributed by atoms with van der Waals surface area (Å²) in [5.41, 5.74) is 6.40. The topological polar surface area (TPSA) is 93.5 Å². The number of esters is 1. The highest BCUT2D eigenvalue weighted by Gasteiger charge is 2.35. The summed E-state index contributed by atoms with van der Waals surface area (Å²) in [4.78, 5) is 24.2. The lowest BCUT2D eigenvalue weighted by molar-refractivity contribution is 0.0603. The number of nitrogens with one attached hydrogen (secondary N) is 2. The van der Waals surface area contributed by atoms with Crippen LogP contribution in [0.15, 0.2) is 0 Å². The van der Waals surface area contributed by atoms with E-state index in [1.165, 1.54) is 18.4 Å². The predicted octanol–water partition coefficient (Wildman–Crippen LogP) is 1.69. The zero-order valence-corrected chi connectivity index (χ0v) is 12.6. The van der Waals surface area contributed by atoms with Gasteiger partial charge in [0, 0.05) is 12.6 Å². The molecule has 1 amide bonds. The predicted molar refractivity (Wildman–Crippen MR) is 79.3 cm³/mol. The number of hydrogen-bond donors (Lipinski definition) is 3. The zero-order chi connectivity index (χ0) is 14.9. The van der Waals surface area contributed by atoms with Gasteiger partial charge in [0.15, 0.2) is 0 Å². The number of hydrogen-bond acceptors (Lipinski definition) is 6. The van der Waals surface area contributed by atoms with Gasteiger partial charge >= 0.3 is 5.97 Å². The Kier molecular flexibility index (Phi) is 4.17. The molecular formula is C13H19N3O3S. The molecule has 0 aliphatic heterocycles. The van der Waals surface area contributed by atoms with Gasteiger partial charge in [0.05, 0.1) is 12.8 Å². The van der Waals surface area contributed by atoms with Crippen molar-refractivity contribution in [2.45, 2.75) is 26.3 Å². The van der Waals surface area contributed by atoms with Crippen LogP contribution in [-0.4, -0.2) is 31.6 Å². The monoisotopic (exact) mass is 297 g/mol.